The second-order valence-electron chi connectivity index (χ2n) is 3.89. The number of amides is 1. The van der Waals surface area contributed by atoms with E-state index in [1.165, 1.54) is 11.1 Å². The molecule has 0 saturated heterocycles. The zero-order valence-corrected chi connectivity index (χ0v) is 10.3. The normalized spacial score (nSPS) is 17.1. The Hall–Kier alpha value is -0.830. The Labute approximate surface area is 98.4 Å². The van der Waals surface area contributed by atoms with E-state index in [-0.39, 0.29) is 10.7 Å². The lowest BCUT2D eigenvalue weighted by Crippen LogP contribution is -2.39. The van der Waals surface area contributed by atoms with Crippen molar-refractivity contribution in [1.29, 1.82) is 0 Å². The number of fused-ring (bicyclic) bond motifs is 1. The Morgan fingerprint density at radius 2 is 2.07 bits per heavy atom. The predicted molar refractivity (Wildman–Crippen MR) is 64.0 cm³/mol. The minimum atomic E-state index is -0.0808. The lowest BCUT2D eigenvalue weighted by Gasteiger charge is -2.29. The van der Waals surface area contributed by atoms with Crippen LogP contribution in [0.3, 0.4) is 0 Å². The topological polar surface area (TPSA) is 20.3 Å². The molecule has 0 N–H and O–H groups in total. The molecular formula is C12H14BrNO. The van der Waals surface area contributed by atoms with E-state index >= 15 is 0 Å². The lowest BCUT2D eigenvalue weighted by atomic mass is 10.00. The van der Waals surface area contributed by atoms with Crippen LogP contribution in [0.1, 0.15) is 18.1 Å². The van der Waals surface area contributed by atoms with Gasteiger partial charge >= 0.3 is 0 Å². The lowest BCUT2D eigenvalue weighted by molar-refractivity contribution is -0.131. The van der Waals surface area contributed by atoms with Crippen molar-refractivity contribution >= 4 is 21.8 Å². The number of halogens is 1. The minimum absolute atomic E-state index is 0.0808. The molecule has 80 valence electrons. The number of rotatable bonds is 1. The third-order valence-electron chi connectivity index (χ3n) is 2.78. The molecule has 0 saturated carbocycles. The number of hydrogen-bond acceptors (Lipinski definition) is 1. The zero-order valence-electron chi connectivity index (χ0n) is 8.74. The van der Waals surface area contributed by atoms with Gasteiger partial charge in [0.1, 0.15) is 0 Å². The van der Waals surface area contributed by atoms with Gasteiger partial charge in [0, 0.05) is 13.1 Å². The second kappa shape index (κ2) is 4.35. The van der Waals surface area contributed by atoms with Crippen molar-refractivity contribution in [3.05, 3.63) is 35.4 Å². The van der Waals surface area contributed by atoms with Crippen molar-refractivity contribution < 1.29 is 4.79 Å². The molecule has 0 spiro atoms. The van der Waals surface area contributed by atoms with Crippen LogP contribution in [0.25, 0.3) is 0 Å². The first kappa shape index (κ1) is 10.7. The van der Waals surface area contributed by atoms with Crippen molar-refractivity contribution in [1.82, 2.24) is 4.90 Å². The minimum Gasteiger partial charge on any atom is -0.337 e. The molecule has 0 radical (unpaired) electrons. The third-order valence-corrected chi connectivity index (χ3v) is 3.17. The van der Waals surface area contributed by atoms with Gasteiger partial charge in [-0.2, -0.15) is 0 Å². The third kappa shape index (κ3) is 2.23. The van der Waals surface area contributed by atoms with Gasteiger partial charge in [0.2, 0.25) is 5.91 Å². The van der Waals surface area contributed by atoms with Gasteiger partial charge in [-0.05, 0) is 24.5 Å². The van der Waals surface area contributed by atoms with Crippen LogP contribution in [0.2, 0.25) is 0 Å². The Kier molecular flexibility index (Phi) is 3.10. The largest absolute Gasteiger partial charge is 0.337 e. The van der Waals surface area contributed by atoms with Gasteiger partial charge in [0.25, 0.3) is 0 Å². The average molecular weight is 268 g/mol. The fourth-order valence-electron chi connectivity index (χ4n) is 1.94. The monoisotopic (exact) mass is 267 g/mol. The molecule has 1 amide bonds. The van der Waals surface area contributed by atoms with E-state index in [0.717, 1.165) is 19.5 Å². The molecule has 0 bridgehead atoms. The summed E-state index contributed by atoms with van der Waals surface area (Å²) in [6, 6.07) is 8.34. The van der Waals surface area contributed by atoms with Crippen LogP contribution in [0.15, 0.2) is 24.3 Å². The fraction of sp³-hybridized carbons (Fsp3) is 0.417. The van der Waals surface area contributed by atoms with E-state index in [9.17, 15) is 4.79 Å². The smallest absolute Gasteiger partial charge is 0.236 e. The fourth-order valence-corrected chi connectivity index (χ4v) is 2.22. The van der Waals surface area contributed by atoms with Gasteiger partial charge in [-0.15, -0.1) is 0 Å². The molecule has 1 heterocycles. The number of carbonyl (C=O) groups excluding carboxylic acids is 1. The van der Waals surface area contributed by atoms with Crippen LogP contribution in [0.5, 0.6) is 0 Å². The van der Waals surface area contributed by atoms with Crippen LogP contribution in [-0.4, -0.2) is 22.2 Å². The van der Waals surface area contributed by atoms with Crippen molar-refractivity contribution in [2.45, 2.75) is 24.7 Å². The quantitative estimate of drug-likeness (QED) is 0.716. The van der Waals surface area contributed by atoms with E-state index in [1.54, 1.807) is 0 Å². The Morgan fingerprint density at radius 1 is 1.40 bits per heavy atom. The first-order valence-electron chi connectivity index (χ1n) is 5.18. The van der Waals surface area contributed by atoms with E-state index < -0.39 is 0 Å². The highest BCUT2D eigenvalue weighted by Crippen LogP contribution is 2.19. The average Bonchev–Trinajstić information content (AvgIpc) is 2.27. The maximum atomic E-state index is 11.8. The molecule has 2 nitrogen and oxygen atoms in total. The van der Waals surface area contributed by atoms with Gasteiger partial charge in [0.15, 0.2) is 0 Å². The highest BCUT2D eigenvalue weighted by atomic mass is 79.9. The molecule has 2 rings (SSSR count). The Bertz CT molecular complexity index is 376. The zero-order chi connectivity index (χ0) is 10.8. The molecule has 1 aliphatic rings. The van der Waals surface area contributed by atoms with Crippen molar-refractivity contribution in [3.63, 3.8) is 0 Å². The standard InChI is InChI=1S/C12H14BrNO/c1-9(13)12(15)14-7-6-10-4-2-3-5-11(10)8-14/h2-5,9H,6-8H2,1H3. The van der Waals surface area contributed by atoms with Gasteiger partial charge in [-0.25, -0.2) is 0 Å². The van der Waals surface area contributed by atoms with E-state index in [2.05, 4.69) is 34.1 Å². The number of benzene rings is 1. The van der Waals surface area contributed by atoms with Crippen LogP contribution in [-0.2, 0) is 17.8 Å². The summed E-state index contributed by atoms with van der Waals surface area (Å²) in [7, 11) is 0. The number of carbonyl (C=O) groups is 1. The maximum absolute atomic E-state index is 11.8. The summed E-state index contributed by atoms with van der Waals surface area (Å²) < 4.78 is 0. The molecule has 0 aliphatic carbocycles. The summed E-state index contributed by atoms with van der Waals surface area (Å²) >= 11 is 3.32. The van der Waals surface area contributed by atoms with E-state index in [1.807, 2.05) is 17.9 Å². The van der Waals surface area contributed by atoms with Gasteiger partial charge in [-0.1, -0.05) is 40.2 Å². The van der Waals surface area contributed by atoms with Crippen molar-refractivity contribution in [3.8, 4) is 0 Å². The molecule has 3 heteroatoms. The van der Waals surface area contributed by atoms with Gasteiger partial charge in [-0.3, -0.25) is 4.79 Å². The van der Waals surface area contributed by atoms with Crippen LogP contribution >= 0.6 is 15.9 Å². The van der Waals surface area contributed by atoms with Gasteiger partial charge < -0.3 is 4.90 Å². The van der Waals surface area contributed by atoms with Crippen LogP contribution in [0.4, 0.5) is 0 Å². The molecule has 0 fully saturated rings. The molecule has 1 aromatic carbocycles. The Morgan fingerprint density at radius 3 is 2.73 bits per heavy atom. The summed E-state index contributed by atoms with van der Waals surface area (Å²) in [4.78, 5) is 13.6. The molecule has 1 atom stereocenters. The molecule has 1 aliphatic heterocycles. The van der Waals surface area contributed by atoms with Gasteiger partial charge in [0.05, 0.1) is 4.83 Å². The Balaban J connectivity index is 2.15. The highest BCUT2D eigenvalue weighted by molar-refractivity contribution is 9.10. The molecule has 15 heavy (non-hydrogen) atoms. The summed E-state index contributed by atoms with van der Waals surface area (Å²) in [5.41, 5.74) is 2.66. The van der Waals surface area contributed by atoms with Crippen LogP contribution in [0, 0.1) is 0 Å². The summed E-state index contributed by atoms with van der Waals surface area (Å²) in [6.07, 6.45) is 0.974. The number of hydrogen-bond donors (Lipinski definition) is 0. The molecule has 0 aromatic heterocycles. The number of alkyl halides is 1. The predicted octanol–water partition coefficient (Wildman–Crippen LogP) is 2.35. The highest BCUT2D eigenvalue weighted by Gasteiger charge is 2.22. The van der Waals surface area contributed by atoms with E-state index in [0.29, 0.717) is 0 Å². The van der Waals surface area contributed by atoms with Crippen molar-refractivity contribution in [2.75, 3.05) is 6.54 Å². The maximum Gasteiger partial charge on any atom is 0.236 e. The molecule has 1 unspecified atom stereocenters. The van der Waals surface area contributed by atoms with Crippen LogP contribution < -0.4 is 0 Å². The molecular weight excluding hydrogens is 254 g/mol. The first-order valence-corrected chi connectivity index (χ1v) is 6.09. The van der Waals surface area contributed by atoms with E-state index in [4.69, 9.17) is 0 Å². The summed E-state index contributed by atoms with van der Waals surface area (Å²) in [5, 5.41) is 0. The van der Waals surface area contributed by atoms with Crippen molar-refractivity contribution in [2.24, 2.45) is 0 Å². The number of nitrogens with zero attached hydrogens (tertiary/aromatic N) is 1. The summed E-state index contributed by atoms with van der Waals surface area (Å²) in [6.45, 7) is 3.47. The first-order chi connectivity index (χ1) is 7.18. The SMILES string of the molecule is CC(Br)C(=O)N1CCc2ccccc2C1. The summed E-state index contributed by atoms with van der Waals surface area (Å²) in [5.74, 6) is 0.185. The molecule has 1 aromatic rings. The second-order valence-corrected chi connectivity index (χ2v) is 5.27.